The molecule has 12 heteroatoms. The largest absolute Gasteiger partial charge is 0.387 e. The number of aliphatic hydroxyl groups is 2. The van der Waals surface area contributed by atoms with Crippen molar-refractivity contribution in [3.63, 3.8) is 0 Å². The van der Waals surface area contributed by atoms with E-state index < -0.39 is 30.4 Å². The van der Waals surface area contributed by atoms with Gasteiger partial charge >= 0.3 is 0 Å². The molecule has 0 radical (unpaired) electrons. The molecule has 1 amide bonds. The second-order valence-corrected chi connectivity index (χ2v) is 8.13. The molecule has 176 valence electrons. The topological polar surface area (TPSA) is 165 Å². The van der Waals surface area contributed by atoms with Crippen molar-refractivity contribution in [2.45, 2.75) is 57.3 Å². The summed E-state index contributed by atoms with van der Waals surface area (Å²) >= 11 is 0. The second kappa shape index (κ2) is 9.90. The van der Waals surface area contributed by atoms with Crippen molar-refractivity contribution in [3.8, 4) is 6.07 Å². The third-order valence-corrected chi connectivity index (χ3v) is 5.58. The molecule has 2 saturated heterocycles. The van der Waals surface area contributed by atoms with Crippen LogP contribution in [0.4, 0.5) is 5.82 Å². The molecule has 2 aliphatic heterocycles. The standard InChI is InChI=1S/C21H26N6O6/c1-11(2)32-8-14-16(28)17(29)21(33-14)27-10-25-15-18(23-9-24-19(15)27)26-20(30)13(7-22)12-3-5-31-6-4-12/h9-11,14,16-17,21,28-29H,3-6,8H2,1-2H3,(H,23,24,26,30)/t14-,16+,17+,21+/m0/s1. The van der Waals surface area contributed by atoms with Gasteiger partial charge in [-0.2, -0.15) is 5.26 Å². The first-order chi connectivity index (χ1) is 15.9. The van der Waals surface area contributed by atoms with E-state index in [1.807, 2.05) is 19.9 Å². The fraction of sp³-hybridized carbons (Fsp3) is 0.571. The highest BCUT2D eigenvalue weighted by molar-refractivity contribution is 6.09. The van der Waals surface area contributed by atoms with Crippen molar-refractivity contribution in [2.75, 3.05) is 25.1 Å². The average Bonchev–Trinajstić information content (AvgIpc) is 3.35. The summed E-state index contributed by atoms with van der Waals surface area (Å²) in [5, 5.41) is 33.1. The zero-order valence-electron chi connectivity index (χ0n) is 18.3. The van der Waals surface area contributed by atoms with Gasteiger partial charge in [-0.3, -0.25) is 9.36 Å². The van der Waals surface area contributed by atoms with Crippen LogP contribution in [0, 0.1) is 11.3 Å². The van der Waals surface area contributed by atoms with Gasteiger partial charge in [-0.25, -0.2) is 15.0 Å². The first kappa shape index (κ1) is 23.2. The molecule has 0 aromatic carbocycles. The predicted molar refractivity (Wildman–Crippen MR) is 114 cm³/mol. The highest BCUT2D eigenvalue weighted by Crippen LogP contribution is 2.32. The summed E-state index contributed by atoms with van der Waals surface area (Å²) in [6.45, 7) is 4.78. The minimum absolute atomic E-state index is 0.0372. The Hall–Kier alpha value is -2.95. The number of ether oxygens (including phenoxy) is 3. The van der Waals surface area contributed by atoms with Gasteiger partial charge in [0, 0.05) is 0 Å². The number of aliphatic hydroxyl groups excluding tert-OH is 2. The minimum atomic E-state index is -1.24. The van der Waals surface area contributed by atoms with Gasteiger partial charge in [0.2, 0.25) is 0 Å². The van der Waals surface area contributed by atoms with Crippen LogP contribution < -0.4 is 5.32 Å². The van der Waals surface area contributed by atoms with E-state index in [0.29, 0.717) is 31.7 Å². The van der Waals surface area contributed by atoms with Crippen LogP contribution >= 0.6 is 0 Å². The molecule has 33 heavy (non-hydrogen) atoms. The summed E-state index contributed by atoms with van der Waals surface area (Å²) in [5.74, 6) is -0.459. The number of anilines is 1. The Kier molecular flexibility index (Phi) is 6.96. The lowest BCUT2D eigenvalue weighted by atomic mass is 10.0. The summed E-state index contributed by atoms with van der Waals surface area (Å²) in [4.78, 5) is 25.4. The van der Waals surface area contributed by atoms with Gasteiger partial charge in [0.25, 0.3) is 5.91 Å². The molecule has 4 heterocycles. The van der Waals surface area contributed by atoms with Crippen molar-refractivity contribution in [1.29, 1.82) is 5.26 Å². The van der Waals surface area contributed by atoms with E-state index in [2.05, 4.69) is 20.3 Å². The molecule has 4 rings (SSSR count). The summed E-state index contributed by atoms with van der Waals surface area (Å²) in [6, 6.07) is 1.98. The smallest absolute Gasteiger partial charge is 0.267 e. The van der Waals surface area contributed by atoms with E-state index in [-0.39, 0.29) is 29.6 Å². The van der Waals surface area contributed by atoms with E-state index >= 15 is 0 Å². The lowest BCUT2D eigenvalue weighted by Crippen LogP contribution is -2.34. The molecule has 2 aromatic rings. The SMILES string of the molecule is CC(C)OC[C@@H]1O[C@@H](n2cnc3c(NC(=O)C(C#N)=C4CCOCC4)ncnc32)[C@H](O)[C@@H]1O. The van der Waals surface area contributed by atoms with Crippen LogP contribution in [0.2, 0.25) is 0 Å². The molecular weight excluding hydrogens is 432 g/mol. The third kappa shape index (κ3) is 4.73. The summed E-state index contributed by atoms with van der Waals surface area (Å²) in [7, 11) is 0. The highest BCUT2D eigenvalue weighted by atomic mass is 16.6. The van der Waals surface area contributed by atoms with Gasteiger partial charge in [0.1, 0.15) is 36.3 Å². The Labute approximate surface area is 189 Å². The van der Waals surface area contributed by atoms with Crippen molar-refractivity contribution in [2.24, 2.45) is 0 Å². The molecule has 3 N–H and O–H groups in total. The summed E-state index contributed by atoms with van der Waals surface area (Å²) in [5.41, 5.74) is 1.32. The van der Waals surface area contributed by atoms with Crippen LogP contribution in [0.25, 0.3) is 11.2 Å². The molecule has 0 saturated carbocycles. The van der Waals surface area contributed by atoms with Crippen LogP contribution in [0.3, 0.4) is 0 Å². The van der Waals surface area contributed by atoms with Crippen LogP contribution in [0.15, 0.2) is 23.8 Å². The van der Waals surface area contributed by atoms with Gasteiger partial charge in [-0.1, -0.05) is 0 Å². The van der Waals surface area contributed by atoms with Crippen LogP contribution in [-0.2, 0) is 19.0 Å². The zero-order chi connectivity index (χ0) is 23.5. The molecule has 0 bridgehead atoms. The molecule has 4 atom stereocenters. The van der Waals surface area contributed by atoms with E-state index in [0.717, 1.165) is 5.57 Å². The molecule has 2 aromatic heterocycles. The quantitative estimate of drug-likeness (QED) is 0.408. The fourth-order valence-corrected chi connectivity index (χ4v) is 3.84. The Morgan fingerprint density at radius 2 is 2.06 bits per heavy atom. The maximum atomic E-state index is 12.8. The number of fused-ring (bicyclic) bond motifs is 1. The van der Waals surface area contributed by atoms with Crippen LogP contribution in [0.1, 0.15) is 32.9 Å². The monoisotopic (exact) mass is 458 g/mol. The van der Waals surface area contributed by atoms with Gasteiger partial charge in [0.15, 0.2) is 23.2 Å². The number of rotatable bonds is 6. The summed E-state index contributed by atoms with van der Waals surface area (Å²) < 4.78 is 18.1. The Morgan fingerprint density at radius 3 is 2.76 bits per heavy atom. The normalized spacial score (nSPS) is 25.4. The van der Waals surface area contributed by atoms with Gasteiger partial charge in [-0.05, 0) is 32.3 Å². The van der Waals surface area contributed by atoms with Crippen molar-refractivity contribution in [3.05, 3.63) is 23.8 Å². The van der Waals surface area contributed by atoms with E-state index in [9.17, 15) is 20.3 Å². The third-order valence-electron chi connectivity index (χ3n) is 5.58. The number of nitrogens with zero attached hydrogens (tertiary/aromatic N) is 5. The molecule has 12 nitrogen and oxygen atoms in total. The molecule has 0 spiro atoms. The molecular formula is C21H26N6O6. The lowest BCUT2D eigenvalue weighted by molar-refractivity contribution is -0.112. The molecule has 2 aliphatic rings. The van der Waals surface area contributed by atoms with Crippen molar-refractivity contribution < 1.29 is 29.2 Å². The number of aromatic nitrogens is 4. The van der Waals surface area contributed by atoms with Gasteiger partial charge in [0.05, 0.1) is 32.3 Å². The first-order valence-corrected chi connectivity index (χ1v) is 10.7. The maximum absolute atomic E-state index is 12.8. The minimum Gasteiger partial charge on any atom is -0.387 e. The molecule has 0 aliphatic carbocycles. The van der Waals surface area contributed by atoms with Crippen LogP contribution in [-0.4, -0.2) is 79.9 Å². The van der Waals surface area contributed by atoms with E-state index in [1.54, 1.807) is 0 Å². The van der Waals surface area contributed by atoms with Crippen molar-refractivity contribution >= 4 is 22.9 Å². The number of imidazole rings is 1. The Bertz CT molecular complexity index is 1080. The zero-order valence-corrected chi connectivity index (χ0v) is 18.3. The number of carbonyl (C=O) groups excluding carboxylic acids is 1. The number of hydrogen-bond donors (Lipinski definition) is 3. The van der Waals surface area contributed by atoms with Gasteiger partial charge < -0.3 is 29.7 Å². The Morgan fingerprint density at radius 1 is 1.30 bits per heavy atom. The number of nitriles is 1. The van der Waals surface area contributed by atoms with Gasteiger partial charge in [-0.15, -0.1) is 0 Å². The maximum Gasteiger partial charge on any atom is 0.267 e. The second-order valence-electron chi connectivity index (χ2n) is 8.13. The molecule has 0 unspecified atom stereocenters. The summed E-state index contributed by atoms with van der Waals surface area (Å²) in [6.07, 6.45) is -0.464. The van der Waals surface area contributed by atoms with E-state index in [1.165, 1.54) is 17.2 Å². The average molecular weight is 458 g/mol. The van der Waals surface area contributed by atoms with E-state index in [4.69, 9.17) is 14.2 Å². The Balaban J connectivity index is 1.57. The number of nitrogens with one attached hydrogen (secondary N) is 1. The van der Waals surface area contributed by atoms with Crippen molar-refractivity contribution in [1.82, 2.24) is 19.5 Å². The first-order valence-electron chi connectivity index (χ1n) is 10.7. The lowest BCUT2D eigenvalue weighted by Gasteiger charge is -2.17. The highest BCUT2D eigenvalue weighted by Gasteiger charge is 2.44. The number of amides is 1. The predicted octanol–water partition coefficient (Wildman–Crippen LogP) is 0.440. The number of hydrogen-bond acceptors (Lipinski definition) is 10. The molecule has 2 fully saturated rings. The van der Waals surface area contributed by atoms with Crippen LogP contribution in [0.5, 0.6) is 0 Å². The fourth-order valence-electron chi connectivity index (χ4n) is 3.84. The number of carbonyl (C=O) groups is 1.